The van der Waals surface area contributed by atoms with Crippen molar-refractivity contribution in [1.29, 1.82) is 0 Å². The van der Waals surface area contributed by atoms with Crippen LogP contribution < -0.4 is 10.6 Å². The fourth-order valence-electron chi connectivity index (χ4n) is 4.44. The van der Waals surface area contributed by atoms with Gasteiger partial charge in [0.1, 0.15) is 11.6 Å². The summed E-state index contributed by atoms with van der Waals surface area (Å²) in [4.78, 5) is 23.8. The van der Waals surface area contributed by atoms with Crippen LogP contribution in [0.3, 0.4) is 0 Å². The first-order valence-corrected chi connectivity index (χ1v) is 15.8. The molecular formula is C33H29CuN9O5S. The quantitative estimate of drug-likeness (QED) is 0.0167. The summed E-state index contributed by atoms with van der Waals surface area (Å²) < 4.78 is 34.4. The molecule has 0 saturated carbocycles. The number of anilines is 4. The minimum atomic E-state index is -4.77. The fraction of sp³-hybridized carbons (Fsp3) is 0.121. The van der Waals surface area contributed by atoms with E-state index < -0.39 is 20.8 Å². The Kier molecular flexibility index (Phi) is 11.5. The van der Waals surface area contributed by atoms with Gasteiger partial charge >= 0.3 is 17.1 Å². The first-order chi connectivity index (χ1) is 22.9. The summed E-state index contributed by atoms with van der Waals surface area (Å²) in [5, 5.41) is 29.6. The Balaban J connectivity index is 0.00000541. The minimum absolute atomic E-state index is 0. The number of carbonyl (C=O) groups excluding carboxylic acids is 1. The topological polar surface area (TPSA) is 206 Å². The van der Waals surface area contributed by atoms with Crippen LogP contribution in [0.5, 0.6) is 5.75 Å². The van der Waals surface area contributed by atoms with Crippen LogP contribution in [0, 0.1) is 27.7 Å². The Morgan fingerprint density at radius 3 is 2.14 bits per heavy atom. The summed E-state index contributed by atoms with van der Waals surface area (Å²) in [6.45, 7) is 7.37. The van der Waals surface area contributed by atoms with Crippen molar-refractivity contribution in [3.8, 4) is 5.75 Å². The molecule has 0 amide bonds. The second-order valence-electron chi connectivity index (χ2n) is 10.6. The van der Waals surface area contributed by atoms with Gasteiger partial charge in [0.15, 0.2) is 5.84 Å². The molecule has 253 valence electrons. The van der Waals surface area contributed by atoms with Crippen LogP contribution in [-0.2, 0) is 32.0 Å². The molecule has 0 aliphatic rings. The number of amidine groups is 1. The van der Waals surface area contributed by atoms with Gasteiger partial charge < -0.3 is 31.1 Å². The third-order valence-electron chi connectivity index (χ3n) is 6.78. The van der Waals surface area contributed by atoms with Gasteiger partial charge in [-0.3, -0.25) is 4.55 Å². The van der Waals surface area contributed by atoms with E-state index in [4.69, 9.17) is 0 Å². The van der Waals surface area contributed by atoms with Crippen molar-refractivity contribution >= 4 is 56.9 Å². The summed E-state index contributed by atoms with van der Waals surface area (Å²) in [6, 6.07) is 21.3. The molecule has 1 aromatic heterocycles. The molecule has 5 rings (SSSR count). The van der Waals surface area contributed by atoms with Crippen LogP contribution in [0.25, 0.3) is 5.43 Å². The average Bonchev–Trinajstić information content (AvgIpc) is 3.03. The number of hydrogen-bond donors (Lipinski definition) is 4. The number of aromatic nitrogens is 3. The van der Waals surface area contributed by atoms with Crippen LogP contribution in [0.4, 0.5) is 34.6 Å². The first kappa shape index (κ1) is 36.3. The van der Waals surface area contributed by atoms with Crippen LogP contribution in [-0.4, -0.2) is 45.2 Å². The third kappa shape index (κ3) is 9.30. The van der Waals surface area contributed by atoms with E-state index in [0.717, 1.165) is 34.5 Å². The zero-order valence-electron chi connectivity index (χ0n) is 26.5. The largest absolute Gasteiger partial charge is 2.00 e. The molecule has 0 aliphatic heterocycles. The van der Waals surface area contributed by atoms with E-state index in [1.807, 2.05) is 45.3 Å². The van der Waals surface area contributed by atoms with Crippen LogP contribution in [0.1, 0.15) is 33.6 Å². The molecular weight excluding hydrogens is 698 g/mol. The predicted molar refractivity (Wildman–Crippen MR) is 181 cm³/mol. The van der Waals surface area contributed by atoms with Crippen molar-refractivity contribution in [3.05, 3.63) is 118 Å². The Bertz CT molecular complexity index is 2180. The number of phenolic OH excluding ortho intramolecular Hbond substituents is 1. The van der Waals surface area contributed by atoms with Gasteiger partial charge in [0.2, 0.25) is 11.9 Å². The molecule has 5 aromatic rings. The molecule has 0 bridgehead atoms. The maximum absolute atomic E-state index is 12.2. The molecule has 0 fully saturated rings. The maximum atomic E-state index is 12.2. The van der Waals surface area contributed by atoms with Crippen molar-refractivity contribution in [1.82, 2.24) is 15.0 Å². The van der Waals surface area contributed by atoms with Gasteiger partial charge in [-0.15, -0.1) is 16.7 Å². The Labute approximate surface area is 293 Å². The van der Waals surface area contributed by atoms with Gasteiger partial charge in [-0.05, 0) is 51.1 Å². The van der Waals surface area contributed by atoms with Gasteiger partial charge in [-0.25, -0.2) is 5.11 Å². The molecule has 4 aromatic carbocycles. The summed E-state index contributed by atoms with van der Waals surface area (Å²) >= 11 is 0. The molecule has 0 aliphatic carbocycles. The molecule has 1 radical (unpaired) electrons. The van der Waals surface area contributed by atoms with Gasteiger partial charge in [0.25, 0.3) is 10.1 Å². The zero-order valence-corrected chi connectivity index (χ0v) is 28.2. The normalized spacial score (nSPS) is 11.6. The number of aryl methyl sites for hydroxylation is 4. The summed E-state index contributed by atoms with van der Waals surface area (Å²) in [5.74, 6) is -0.0868. The van der Waals surface area contributed by atoms with Gasteiger partial charge in [-0.1, -0.05) is 71.4 Å². The zero-order chi connectivity index (χ0) is 34.4. The van der Waals surface area contributed by atoms with Gasteiger partial charge in [0.05, 0.1) is 16.9 Å². The molecule has 14 nitrogen and oxygen atoms in total. The van der Waals surface area contributed by atoms with Gasteiger partial charge in [-0.2, -0.15) is 29.4 Å². The third-order valence-corrected chi connectivity index (χ3v) is 7.61. The Morgan fingerprint density at radius 1 is 0.837 bits per heavy atom. The number of nitrogens with one attached hydrogen (secondary N) is 2. The molecule has 0 atom stereocenters. The number of azo groups is 1. The predicted octanol–water partition coefficient (Wildman–Crippen LogP) is 7.15. The standard InChI is InChI=1S/C33H29N9O5S.Cu/c1-19-11-13-26(21(3)14-19)36-32-34-22(4)35-33(38-32)37-28-16-25(48(45,46)47)17-29(30(28)44)40-42-31(23-8-6-5-7-9-23)41-39-27-15-20(2)10-12-24(27)18-43;/h5-17H,1-4H3,(H4-,34,35,36,37,38,39,40,41,42,43,44,45,46,47);/q-2;+2. The molecule has 4 N–H and O–H groups in total. The van der Waals surface area contributed by atoms with Crippen molar-refractivity contribution in [2.24, 2.45) is 15.3 Å². The molecule has 0 spiro atoms. The summed E-state index contributed by atoms with van der Waals surface area (Å²) in [6.07, 6.45) is 1.82. The number of nitrogens with zero attached hydrogens (tertiary/aromatic N) is 7. The van der Waals surface area contributed by atoms with E-state index in [1.165, 1.54) is 0 Å². The second-order valence-corrected chi connectivity index (χ2v) is 12.0. The van der Waals surface area contributed by atoms with E-state index in [0.29, 0.717) is 11.4 Å². The SMILES string of the molecule is Cc1ccc(Nc2nc(C)nc(Nc3cc(S(=O)(=O)O)cc([N-]/N=C(\N=Nc4cc(C)ccc4[C-]=O)c4ccccc4)c3O)n2)c(C)c1.[Cu+2]. The van der Waals surface area contributed by atoms with E-state index in [1.54, 1.807) is 55.5 Å². The van der Waals surface area contributed by atoms with E-state index in [2.05, 4.69) is 46.3 Å². The molecule has 49 heavy (non-hydrogen) atoms. The summed E-state index contributed by atoms with van der Waals surface area (Å²) in [7, 11) is -4.77. The van der Waals surface area contributed by atoms with E-state index >= 15 is 0 Å². The Hall–Kier alpha value is -5.54. The van der Waals surface area contributed by atoms with Crippen molar-refractivity contribution < 1.29 is 39.9 Å². The Morgan fingerprint density at radius 2 is 1.49 bits per heavy atom. The molecule has 0 unspecified atom stereocenters. The number of aromatic hydroxyl groups is 1. The second kappa shape index (κ2) is 15.6. The maximum Gasteiger partial charge on any atom is 2.00 e. The smallest absolute Gasteiger partial charge is 0.571 e. The van der Waals surface area contributed by atoms with Crippen LogP contribution in [0.2, 0.25) is 0 Å². The van der Waals surface area contributed by atoms with Crippen molar-refractivity contribution in [2.75, 3.05) is 10.6 Å². The van der Waals surface area contributed by atoms with Gasteiger partial charge in [0, 0.05) is 11.3 Å². The minimum Gasteiger partial charge on any atom is -0.571 e. The van der Waals surface area contributed by atoms with Crippen molar-refractivity contribution in [3.63, 3.8) is 0 Å². The number of rotatable bonds is 10. The summed E-state index contributed by atoms with van der Waals surface area (Å²) in [5.41, 5.74) is 8.08. The number of hydrogen-bond acceptors (Lipinski definition) is 11. The molecule has 1 heterocycles. The van der Waals surface area contributed by atoms with Crippen LogP contribution >= 0.6 is 0 Å². The van der Waals surface area contributed by atoms with E-state index in [9.17, 15) is 22.9 Å². The van der Waals surface area contributed by atoms with Crippen LogP contribution in [0.15, 0.2) is 99.1 Å². The number of phenols is 1. The van der Waals surface area contributed by atoms with Crippen molar-refractivity contribution in [2.45, 2.75) is 32.6 Å². The fourth-order valence-corrected chi connectivity index (χ4v) is 4.97. The average molecular weight is 727 g/mol. The molecule has 0 saturated heterocycles. The monoisotopic (exact) mass is 726 g/mol. The number of benzene rings is 4. The first-order valence-electron chi connectivity index (χ1n) is 14.3. The van der Waals surface area contributed by atoms with E-state index in [-0.39, 0.29) is 57.4 Å². The molecule has 16 heteroatoms.